The Kier molecular flexibility index (Phi) is 5.21. The van der Waals surface area contributed by atoms with Crippen molar-refractivity contribution >= 4 is 12.4 Å². The average Bonchev–Trinajstić information content (AvgIpc) is 2.74. The second kappa shape index (κ2) is 6.91. The van der Waals surface area contributed by atoms with Gasteiger partial charge in [-0.05, 0) is 26.2 Å². The maximum atomic E-state index is 11.7. The molecule has 0 atom stereocenters. The fourth-order valence-corrected chi connectivity index (χ4v) is 3.32. The van der Waals surface area contributed by atoms with Crippen molar-refractivity contribution < 1.29 is 9.21 Å². The van der Waals surface area contributed by atoms with E-state index in [2.05, 4.69) is 11.9 Å². The molecule has 0 N–H and O–H groups in total. The summed E-state index contributed by atoms with van der Waals surface area (Å²) in [7, 11) is 0. The summed E-state index contributed by atoms with van der Waals surface area (Å²) in [5.74, 6) is 0. The lowest BCUT2D eigenvalue weighted by Crippen LogP contribution is -2.48. The molecule has 4 nitrogen and oxygen atoms in total. The molecule has 0 unspecified atom stereocenters. The number of aryl methyl sites for hydroxylation is 1. The van der Waals surface area contributed by atoms with E-state index in [0.717, 1.165) is 44.2 Å². The summed E-state index contributed by atoms with van der Waals surface area (Å²) in [5, 5.41) is 0. The number of oxazole rings is 1. The zero-order chi connectivity index (χ0) is 14.4. The van der Waals surface area contributed by atoms with Crippen LogP contribution in [-0.2, 0) is 4.79 Å². The molecule has 0 radical (unpaired) electrons. The van der Waals surface area contributed by atoms with Crippen LogP contribution in [0.4, 0.5) is 6.01 Å². The smallest absolute Gasteiger partial charge is 0.304 e. The molecule has 0 aromatic carbocycles. The van der Waals surface area contributed by atoms with Gasteiger partial charge in [0.05, 0.1) is 11.2 Å². The van der Waals surface area contributed by atoms with Gasteiger partial charge in [0.15, 0.2) is 0 Å². The van der Waals surface area contributed by atoms with Gasteiger partial charge in [-0.15, -0.1) is 0 Å². The molecule has 1 heterocycles. The highest BCUT2D eigenvalue weighted by atomic mass is 16.4. The van der Waals surface area contributed by atoms with Crippen molar-refractivity contribution in [2.75, 3.05) is 4.90 Å². The second-order valence-corrected chi connectivity index (χ2v) is 5.99. The Balaban J connectivity index is 2.28. The van der Waals surface area contributed by atoms with Gasteiger partial charge in [0.2, 0.25) is 6.41 Å². The number of nitrogens with zero attached hydrogens (tertiary/aromatic N) is 2. The van der Waals surface area contributed by atoms with E-state index >= 15 is 0 Å². The predicted octanol–water partition coefficient (Wildman–Crippen LogP) is 4.23. The number of hydrogen-bond donors (Lipinski definition) is 0. The summed E-state index contributed by atoms with van der Waals surface area (Å²) in [6, 6.07) is 0.468. The lowest BCUT2D eigenvalue weighted by molar-refractivity contribution is -0.109. The van der Waals surface area contributed by atoms with Gasteiger partial charge in [-0.2, -0.15) is 4.98 Å². The molecular weight excluding hydrogens is 252 g/mol. The van der Waals surface area contributed by atoms with E-state index in [1.807, 2.05) is 6.92 Å². The zero-order valence-electron chi connectivity index (χ0n) is 12.7. The van der Waals surface area contributed by atoms with Crippen LogP contribution in [0.5, 0.6) is 0 Å². The van der Waals surface area contributed by atoms with Gasteiger partial charge in [0.1, 0.15) is 6.26 Å². The van der Waals surface area contributed by atoms with Gasteiger partial charge < -0.3 is 4.42 Å². The first-order chi connectivity index (χ1) is 9.72. The number of anilines is 1. The molecule has 1 aromatic rings. The van der Waals surface area contributed by atoms with Crippen LogP contribution in [-0.4, -0.2) is 16.9 Å². The topological polar surface area (TPSA) is 46.3 Å². The fourth-order valence-electron chi connectivity index (χ4n) is 3.32. The third kappa shape index (κ3) is 3.22. The molecule has 4 heteroatoms. The summed E-state index contributed by atoms with van der Waals surface area (Å²) in [6.07, 6.45) is 12.9. The van der Waals surface area contributed by atoms with Crippen molar-refractivity contribution in [2.45, 2.75) is 77.2 Å². The lowest BCUT2D eigenvalue weighted by atomic mass is 9.83. The Morgan fingerprint density at radius 1 is 1.35 bits per heavy atom. The van der Waals surface area contributed by atoms with Crippen molar-refractivity contribution in [3.8, 4) is 0 Å². The number of aromatic nitrogens is 1. The van der Waals surface area contributed by atoms with Crippen molar-refractivity contribution in [1.29, 1.82) is 0 Å². The number of carbonyl (C=O) groups is 1. The van der Waals surface area contributed by atoms with E-state index in [-0.39, 0.29) is 5.54 Å². The van der Waals surface area contributed by atoms with Crippen LogP contribution in [0.2, 0.25) is 0 Å². The normalized spacial score (nSPS) is 18.5. The van der Waals surface area contributed by atoms with Crippen LogP contribution >= 0.6 is 0 Å². The van der Waals surface area contributed by atoms with E-state index in [9.17, 15) is 4.79 Å². The van der Waals surface area contributed by atoms with Gasteiger partial charge >= 0.3 is 6.01 Å². The number of unbranched alkanes of at least 4 members (excludes halogenated alkanes) is 1. The van der Waals surface area contributed by atoms with Crippen LogP contribution in [0.1, 0.15) is 70.4 Å². The van der Waals surface area contributed by atoms with Crippen LogP contribution in [0.15, 0.2) is 10.7 Å². The molecule has 0 saturated heterocycles. The molecule has 20 heavy (non-hydrogen) atoms. The Morgan fingerprint density at radius 2 is 2.05 bits per heavy atom. The van der Waals surface area contributed by atoms with Crippen molar-refractivity contribution in [2.24, 2.45) is 0 Å². The largest absolute Gasteiger partial charge is 0.431 e. The molecule has 1 aliphatic carbocycles. The van der Waals surface area contributed by atoms with Gasteiger partial charge in [-0.25, -0.2) is 0 Å². The Hall–Kier alpha value is -1.32. The minimum Gasteiger partial charge on any atom is -0.431 e. The minimum atomic E-state index is -0.0917. The lowest BCUT2D eigenvalue weighted by Gasteiger charge is -2.39. The summed E-state index contributed by atoms with van der Waals surface area (Å²) in [6.45, 7) is 4.09. The molecule has 0 spiro atoms. The molecule has 2 rings (SSSR count). The summed E-state index contributed by atoms with van der Waals surface area (Å²) < 4.78 is 5.50. The van der Waals surface area contributed by atoms with Crippen LogP contribution in [0.25, 0.3) is 0 Å². The molecule has 1 amide bonds. The molecular formula is C16H26N2O2. The van der Waals surface area contributed by atoms with Crippen molar-refractivity contribution in [3.63, 3.8) is 0 Å². The monoisotopic (exact) mass is 278 g/mol. The van der Waals surface area contributed by atoms with Gasteiger partial charge in [-0.3, -0.25) is 9.69 Å². The number of rotatable bonds is 6. The highest BCUT2D eigenvalue weighted by molar-refractivity contribution is 5.72. The molecule has 1 saturated carbocycles. The van der Waals surface area contributed by atoms with E-state index in [1.165, 1.54) is 25.7 Å². The molecule has 0 bridgehead atoms. The fraction of sp³-hybridized carbons (Fsp3) is 0.750. The SMILES string of the molecule is CCCCC1(N(C=O)c2nc(C)co2)CCCCCC1. The molecule has 1 fully saturated rings. The van der Waals surface area contributed by atoms with Crippen molar-refractivity contribution in [1.82, 2.24) is 4.98 Å². The molecule has 0 aliphatic heterocycles. The van der Waals surface area contributed by atoms with Gasteiger partial charge in [0.25, 0.3) is 0 Å². The molecule has 112 valence electrons. The highest BCUT2D eigenvalue weighted by Crippen LogP contribution is 2.38. The number of amides is 1. The first kappa shape index (κ1) is 15.1. The van der Waals surface area contributed by atoms with Gasteiger partial charge in [0, 0.05) is 0 Å². The second-order valence-electron chi connectivity index (χ2n) is 5.99. The zero-order valence-corrected chi connectivity index (χ0v) is 12.7. The molecule has 1 aliphatic rings. The van der Waals surface area contributed by atoms with E-state index < -0.39 is 0 Å². The third-order valence-corrected chi connectivity index (χ3v) is 4.46. The predicted molar refractivity (Wildman–Crippen MR) is 79.7 cm³/mol. The summed E-state index contributed by atoms with van der Waals surface area (Å²) >= 11 is 0. The Labute approximate surface area is 121 Å². The van der Waals surface area contributed by atoms with Crippen molar-refractivity contribution in [3.05, 3.63) is 12.0 Å². The third-order valence-electron chi connectivity index (χ3n) is 4.46. The van der Waals surface area contributed by atoms with Gasteiger partial charge in [-0.1, -0.05) is 45.4 Å². The van der Waals surface area contributed by atoms with Crippen LogP contribution < -0.4 is 4.90 Å². The highest BCUT2D eigenvalue weighted by Gasteiger charge is 2.38. The van der Waals surface area contributed by atoms with Crippen LogP contribution in [0, 0.1) is 6.92 Å². The standard InChI is InChI=1S/C16H26N2O2/c1-3-4-9-16(10-7-5-6-8-11-16)18(13-19)15-17-14(2)12-20-15/h12-13H,3-11H2,1-2H3. The average molecular weight is 278 g/mol. The summed E-state index contributed by atoms with van der Waals surface area (Å²) in [4.78, 5) is 17.9. The van der Waals surface area contributed by atoms with E-state index in [0.29, 0.717) is 6.01 Å². The number of carbonyl (C=O) groups excluding carboxylic acids is 1. The van der Waals surface area contributed by atoms with Crippen LogP contribution in [0.3, 0.4) is 0 Å². The van der Waals surface area contributed by atoms with E-state index in [1.54, 1.807) is 11.2 Å². The Morgan fingerprint density at radius 3 is 2.55 bits per heavy atom. The maximum Gasteiger partial charge on any atom is 0.304 e. The van der Waals surface area contributed by atoms with E-state index in [4.69, 9.17) is 4.42 Å². The number of hydrogen-bond acceptors (Lipinski definition) is 3. The minimum absolute atomic E-state index is 0.0917. The Bertz CT molecular complexity index is 420. The summed E-state index contributed by atoms with van der Waals surface area (Å²) in [5.41, 5.74) is 0.733. The molecule has 1 aromatic heterocycles. The first-order valence-electron chi connectivity index (χ1n) is 7.88. The quantitative estimate of drug-likeness (QED) is 0.578. The first-order valence-corrected chi connectivity index (χ1v) is 7.88. The maximum absolute atomic E-state index is 11.7.